The number of nitrogens with zero attached hydrogens (tertiary/aromatic N) is 4. The molecular formula is C13H9Cl2N5. The number of halogens is 2. The van der Waals surface area contributed by atoms with Crippen LogP contribution >= 0.6 is 23.2 Å². The van der Waals surface area contributed by atoms with Crippen molar-refractivity contribution in [2.45, 2.75) is 0 Å². The van der Waals surface area contributed by atoms with E-state index in [9.17, 15) is 0 Å². The third-order valence-corrected chi connectivity index (χ3v) is 3.07. The highest BCUT2D eigenvalue weighted by molar-refractivity contribution is 6.31. The molecule has 0 unspecified atom stereocenters. The maximum Gasteiger partial charge on any atom is 0.252 e. The van der Waals surface area contributed by atoms with Crippen LogP contribution in [-0.4, -0.2) is 20.2 Å². The van der Waals surface area contributed by atoms with E-state index in [-0.39, 0.29) is 0 Å². The van der Waals surface area contributed by atoms with Gasteiger partial charge in [-0.3, -0.25) is 0 Å². The van der Waals surface area contributed by atoms with Crippen LogP contribution in [0.4, 0.5) is 11.6 Å². The Balaban J connectivity index is 1.94. The lowest BCUT2D eigenvalue weighted by molar-refractivity contribution is 0.791. The number of hydrogen-bond donors (Lipinski definition) is 1. The fourth-order valence-electron chi connectivity index (χ4n) is 1.74. The average Bonchev–Trinajstić information content (AvgIpc) is 2.87. The zero-order chi connectivity index (χ0) is 13.9. The molecule has 0 fully saturated rings. The minimum absolute atomic E-state index is 0.481. The van der Waals surface area contributed by atoms with Gasteiger partial charge in [-0.25, -0.2) is 0 Å². The van der Waals surface area contributed by atoms with Crippen molar-refractivity contribution in [3.63, 3.8) is 0 Å². The molecule has 1 N–H and O–H groups in total. The van der Waals surface area contributed by atoms with Gasteiger partial charge in [-0.05, 0) is 46.8 Å². The van der Waals surface area contributed by atoms with Crippen LogP contribution in [0.25, 0.3) is 5.69 Å². The molecule has 0 radical (unpaired) electrons. The van der Waals surface area contributed by atoms with Crippen LogP contribution in [0.1, 0.15) is 0 Å². The van der Waals surface area contributed by atoms with Gasteiger partial charge in [0.25, 0.3) is 5.95 Å². The van der Waals surface area contributed by atoms with Gasteiger partial charge in [0, 0.05) is 15.7 Å². The van der Waals surface area contributed by atoms with Gasteiger partial charge in [0.2, 0.25) is 0 Å². The van der Waals surface area contributed by atoms with Gasteiger partial charge in [0.1, 0.15) is 0 Å². The first-order chi connectivity index (χ1) is 9.72. The Morgan fingerprint density at radius 2 is 1.70 bits per heavy atom. The zero-order valence-electron chi connectivity index (χ0n) is 10.2. The molecule has 100 valence electrons. The Bertz CT molecular complexity index is 741. The minimum atomic E-state index is 0.481. The van der Waals surface area contributed by atoms with E-state index < -0.39 is 0 Å². The molecule has 3 aromatic rings. The summed E-state index contributed by atoms with van der Waals surface area (Å²) in [4.78, 5) is 0. The molecule has 3 rings (SSSR count). The molecular weight excluding hydrogens is 297 g/mol. The Labute approximate surface area is 125 Å². The quantitative estimate of drug-likeness (QED) is 0.801. The Morgan fingerprint density at radius 3 is 2.45 bits per heavy atom. The number of benzene rings is 2. The van der Waals surface area contributed by atoms with Gasteiger partial charge in [0.15, 0.2) is 0 Å². The molecule has 0 saturated carbocycles. The third-order valence-electron chi connectivity index (χ3n) is 2.60. The number of anilines is 2. The van der Waals surface area contributed by atoms with Gasteiger partial charge in [0.05, 0.1) is 5.69 Å². The van der Waals surface area contributed by atoms with Crippen molar-refractivity contribution in [3.05, 3.63) is 58.6 Å². The van der Waals surface area contributed by atoms with Gasteiger partial charge < -0.3 is 5.32 Å². The second kappa shape index (κ2) is 5.48. The number of aromatic nitrogens is 4. The fraction of sp³-hybridized carbons (Fsp3) is 0. The normalized spacial score (nSPS) is 10.5. The van der Waals surface area contributed by atoms with E-state index in [1.165, 1.54) is 0 Å². The van der Waals surface area contributed by atoms with Crippen LogP contribution in [0.15, 0.2) is 48.5 Å². The molecule has 0 bridgehead atoms. The summed E-state index contributed by atoms with van der Waals surface area (Å²) >= 11 is 11.9. The van der Waals surface area contributed by atoms with E-state index >= 15 is 0 Å². The molecule has 1 aromatic heterocycles. The van der Waals surface area contributed by atoms with Gasteiger partial charge >= 0.3 is 0 Å². The van der Waals surface area contributed by atoms with Crippen LogP contribution in [0.3, 0.4) is 0 Å². The number of rotatable bonds is 3. The van der Waals surface area contributed by atoms with Crippen molar-refractivity contribution >= 4 is 34.8 Å². The zero-order valence-corrected chi connectivity index (χ0v) is 11.7. The minimum Gasteiger partial charge on any atom is -0.323 e. The van der Waals surface area contributed by atoms with Crippen LogP contribution in [0, 0.1) is 0 Å². The Kier molecular flexibility index (Phi) is 3.54. The van der Waals surface area contributed by atoms with Gasteiger partial charge in [-0.1, -0.05) is 40.4 Å². The lowest BCUT2D eigenvalue weighted by Gasteiger charge is -2.07. The SMILES string of the molecule is Clc1cccc(Nc2nnnn2-c2cccc(Cl)c2)c1. The second-order valence-corrected chi connectivity index (χ2v) is 4.90. The molecule has 2 aromatic carbocycles. The van der Waals surface area contributed by atoms with Gasteiger partial charge in [-0.2, -0.15) is 4.68 Å². The molecule has 20 heavy (non-hydrogen) atoms. The molecule has 0 atom stereocenters. The number of nitrogens with one attached hydrogen (secondary N) is 1. The standard InChI is InChI=1S/C13H9Cl2N5/c14-9-3-1-5-11(7-9)16-13-17-18-19-20(13)12-6-2-4-10(15)8-12/h1-8H,(H,16,17,19). The fourth-order valence-corrected chi connectivity index (χ4v) is 2.12. The van der Waals surface area contributed by atoms with E-state index in [2.05, 4.69) is 20.8 Å². The summed E-state index contributed by atoms with van der Waals surface area (Å²) in [6.07, 6.45) is 0. The van der Waals surface area contributed by atoms with Crippen molar-refractivity contribution < 1.29 is 0 Å². The summed E-state index contributed by atoms with van der Waals surface area (Å²) < 4.78 is 1.56. The summed E-state index contributed by atoms with van der Waals surface area (Å²) in [6.45, 7) is 0. The van der Waals surface area contributed by atoms with Crippen LogP contribution in [0.5, 0.6) is 0 Å². The van der Waals surface area contributed by atoms with Crippen molar-refractivity contribution in [1.29, 1.82) is 0 Å². The van der Waals surface area contributed by atoms with Crippen LogP contribution in [0.2, 0.25) is 10.0 Å². The first-order valence-electron chi connectivity index (χ1n) is 5.79. The summed E-state index contributed by atoms with van der Waals surface area (Å²) in [5, 5.41) is 15.9. The van der Waals surface area contributed by atoms with E-state index in [4.69, 9.17) is 23.2 Å². The highest BCUT2D eigenvalue weighted by Crippen LogP contribution is 2.21. The molecule has 0 aliphatic carbocycles. The largest absolute Gasteiger partial charge is 0.323 e. The van der Waals surface area contributed by atoms with Crippen molar-refractivity contribution in [1.82, 2.24) is 20.2 Å². The third kappa shape index (κ3) is 2.74. The monoisotopic (exact) mass is 305 g/mol. The molecule has 1 heterocycles. The summed E-state index contributed by atoms with van der Waals surface area (Å²) in [6, 6.07) is 14.6. The second-order valence-electron chi connectivity index (χ2n) is 4.03. The van der Waals surface area contributed by atoms with E-state index in [1.54, 1.807) is 28.9 Å². The average molecular weight is 306 g/mol. The smallest absolute Gasteiger partial charge is 0.252 e. The van der Waals surface area contributed by atoms with Crippen molar-refractivity contribution in [2.24, 2.45) is 0 Å². The molecule has 5 nitrogen and oxygen atoms in total. The van der Waals surface area contributed by atoms with E-state index in [0.717, 1.165) is 11.4 Å². The molecule has 0 amide bonds. The van der Waals surface area contributed by atoms with E-state index in [0.29, 0.717) is 16.0 Å². The maximum absolute atomic E-state index is 5.98. The number of tetrazole rings is 1. The Morgan fingerprint density at radius 1 is 0.950 bits per heavy atom. The molecule has 7 heteroatoms. The predicted octanol–water partition coefficient (Wildman–Crippen LogP) is 3.71. The molecule has 0 aliphatic heterocycles. The topological polar surface area (TPSA) is 55.6 Å². The lowest BCUT2D eigenvalue weighted by atomic mass is 10.3. The Hall–Kier alpha value is -2.11. The highest BCUT2D eigenvalue weighted by atomic mass is 35.5. The highest BCUT2D eigenvalue weighted by Gasteiger charge is 2.08. The molecule has 0 saturated heterocycles. The lowest BCUT2D eigenvalue weighted by Crippen LogP contribution is -2.03. The predicted molar refractivity (Wildman–Crippen MR) is 78.9 cm³/mol. The summed E-state index contributed by atoms with van der Waals surface area (Å²) in [5.74, 6) is 0.481. The number of hydrogen-bond acceptors (Lipinski definition) is 4. The summed E-state index contributed by atoms with van der Waals surface area (Å²) in [7, 11) is 0. The van der Waals surface area contributed by atoms with Crippen LogP contribution < -0.4 is 5.32 Å². The van der Waals surface area contributed by atoms with E-state index in [1.807, 2.05) is 24.3 Å². The van der Waals surface area contributed by atoms with Crippen molar-refractivity contribution in [2.75, 3.05) is 5.32 Å². The molecule has 0 spiro atoms. The maximum atomic E-state index is 5.98. The van der Waals surface area contributed by atoms with Gasteiger partial charge in [-0.15, -0.1) is 0 Å². The van der Waals surface area contributed by atoms with Crippen LogP contribution in [-0.2, 0) is 0 Å². The first kappa shape index (κ1) is 12.9. The summed E-state index contributed by atoms with van der Waals surface area (Å²) in [5.41, 5.74) is 1.57. The molecule has 0 aliphatic rings. The van der Waals surface area contributed by atoms with Crippen molar-refractivity contribution in [3.8, 4) is 5.69 Å². The first-order valence-corrected chi connectivity index (χ1v) is 6.55.